The summed E-state index contributed by atoms with van der Waals surface area (Å²) in [6.45, 7) is 0. The minimum atomic E-state index is 0.802. The molecule has 0 spiro atoms. The second-order valence-electron chi connectivity index (χ2n) is 2.23. The van der Waals surface area contributed by atoms with E-state index >= 15 is 0 Å². The first-order valence-corrected chi connectivity index (χ1v) is 4.25. The van der Waals surface area contributed by atoms with Gasteiger partial charge in [-0.2, -0.15) is 0 Å². The number of halogens is 1. The lowest BCUT2D eigenvalue weighted by atomic mass is 10.1. The van der Waals surface area contributed by atoms with Gasteiger partial charge in [-0.1, -0.05) is 0 Å². The molecule has 0 saturated heterocycles. The summed E-state index contributed by atoms with van der Waals surface area (Å²) in [5, 5.41) is 0. The molecule has 2 rings (SSSR count). The second-order valence-corrected chi connectivity index (χ2v) is 3.29. The Bertz CT molecular complexity index is 277. The molecule has 1 aromatic rings. The van der Waals surface area contributed by atoms with E-state index in [1.807, 2.05) is 12.3 Å². The lowest BCUT2D eigenvalue weighted by Crippen LogP contribution is -1.88. The number of nitrogens with zero attached hydrogens (tertiary/aromatic N) is 1. The molecule has 10 heavy (non-hydrogen) atoms. The lowest BCUT2D eigenvalue weighted by Gasteiger charge is -1.98. The van der Waals surface area contributed by atoms with Crippen molar-refractivity contribution in [3.63, 3.8) is 0 Å². The molecule has 1 aliphatic heterocycles. The molecular formula is C7H6INO. The van der Waals surface area contributed by atoms with Crippen LogP contribution in [-0.2, 0) is 6.42 Å². The van der Waals surface area contributed by atoms with Gasteiger partial charge in [0.05, 0.1) is 0 Å². The molecule has 0 N–H and O–H groups in total. The highest BCUT2D eigenvalue weighted by atomic mass is 127. The zero-order chi connectivity index (χ0) is 6.97. The molecule has 0 radical (unpaired) electrons. The number of hydrogen-bond donors (Lipinski definition) is 0. The van der Waals surface area contributed by atoms with Crippen LogP contribution >= 0.6 is 22.6 Å². The lowest BCUT2D eigenvalue weighted by molar-refractivity contribution is 0.545. The molecule has 3 heteroatoms. The van der Waals surface area contributed by atoms with Gasteiger partial charge in [-0.05, 0) is 41.5 Å². The van der Waals surface area contributed by atoms with Gasteiger partial charge in [0.25, 0.3) is 0 Å². The van der Waals surface area contributed by atoms with Crippen LogP contribution in [0.1, 0.15) is 12.0 Å². The number of hydrogen-bond acceptors (Lipinski definition) is 2. The Morgan fingerprint density at radius 3 is 3.30 bits per heavy atom. The number of aryl methyl sites for hydroxylation is 1. The molecule has 0 saturated carbocycles. The Morgan fingerprint density at radius 2 is 2.50 bits per heavy atom. The van der Waals surface area contributed by atoms with Crippen molar-refractivity contribution < 1.29 is 4.42 Å². The van der Waals surface area contributed by atoms with Crippen molar-refractivity contribution in [1.29, 1.82) is 0 Å². The van der Waals surface area contributed by atoms with Gasteiger partial charge in [-0.15, -0.1) is 0 Å². The Balaban J connectivity index is 2.53. The minimum Gasteiger partial charge on any atom is -0.432 e. The van der Waals surface area contributed by atoms with E-state index in [2.05, 4.69) is 27.6 Å². The van der Waals surface area contributed by atoms with Gasteiger partial charge in [0.15, 0.2) is 3.77 Å². The molecule has 2 nitrogen and oxygen atoms in total. The van der Waals surface area contributed by atoms with E-state index in [0.717, 1.165) is 22.5 Å². The van der Waals surface area contributed by atoms with Crippen LogP contribution in [0.3, 0.4) is 0 Å². The third kappa shape index (κ3) is 0.982. The van der Waals surface area contributed by atoms with Gasteiger partial charge in [0, 0.05) is 11.8 Å². The quantitative estimate of drug-likeness (QED) is 0.646. The maximum atomic E-state index is 5.29. The second kappa shape index (κ2) is 2.38. The van der Waals surface area contributed by atoms with Crippen LogP contribution in [0.15, 0.2) is 15.5 Å². The van der Waals surface area contributed by atoms with Gasteiger partial charge in [-0.3, -0.25) is 0 Å². The maximum Gasteiger partial charge on any atom is 0.222 e. The van der Waals surface area contributed by atoms with E-state index in [9.17, 15) is 0 Å². The number of furan rings is 1. The topological polar surface area (TPSA) is 25.5 Å². The summed E-state index contributed by atoms with van der Waals surface area (Å²) in [5.74, 6) is 0.802. The van der Waals surface area contributed by atoms with E-state index in [1.165, 1.54) is 5.56 Å². The minimum absolute atomic E-state index is 0.802. The molecule has 1 aromatic heterocycles. The van der Waals surface area contributed by atoms with Gasteiger partial charge < -0.3 is 4.42 Å². The van der Waals surface area contributed by atoms with Crippen LogP contribution in [0, 0.1) is 3.77 Å². The van der Waals surface area contributed by atoms with Crippen molar-refractivity contribution in [3.8, 4) is 0 Å². The highest BCUT2D eigenvalue weighted by Gasteiger charge is 2.10. The van der Waals surface area contributed by atoms with Gasteiger partial charge in [-0.25, -0.2) is 4.99 Å². The van der Waals surface area contributed by atoms with Crippen LogP contribution in [0.5, 0.6) is 0 Å². The van der Waals surface area contributed by atoms with E-state index < -0.39 is 0 Å². The van der Waals surface area contributed by atoms with Crippen molar-refractivity contribution in [3.05, 3.63) is 15.4 Å². The Morgan fingerprint density at radius 1 is 1.60 bits per heavy atom. The Labute approximate surface area is 72.5 Å². The Kier molecular flexibility index (Phi) is 1.52. The molecule has 52 valence electrons. The largest absolute Gasteiger partial charge is 0.432 e. The summed E-state index contributed by atoms with van der Waals surface area (Å²) in [6, 6.07) is 2.05. The standard InChI is InChI=1S/C7H6INO/c8-6-4-5-2-1-3-9-7(5)10-6/h3-4H,1-2H2. The summed E-state index contributed by atoms with van der Waals surface area (Å²) in [7, 11) is 0. The van der Waals surface area contributed by atoms with Crippen molar-refractivity contribution in [2.24, 2.45) is 4.99 Å². The van der Waals surface area contributed by atoms with Crippen molar-refractivity contribution in [2.45, 2.75) is 12.8 Å². The summed E-state index contributed by atoms with van der Waals surface area (Å²) >= 11 is 2.16. The third-order valence-corrected chi connectivity index (χ3v) is 2.04. The highest BCUT2D eigenvalue weighted by Crippen LogP contribution is 2.28. The molecule has 0 aromatic carbocycles. The third-order valence-electron chi connectivity index (χ3n) is 1.51. The van der Waals surface area contributed by atoms with Crippen LogP contribution in [0.2, 0.25) is 0 Å². The molecule has 0 bridgehead atoms. The van der Waals surface area contributed by atoms with E-state index in [4.69, 9.17) is 4.42 Å². The highest BCUT2D eigenvalue weighted by molar-refractivity contribution is 14.1. The monoisotopic (exact) mass is 247 g/mol. The summed E-state index contributed by atoms with van der Waals surface area (Å²) < 4.78 is 6.23. The molecule has 1 aliphatic rings. The van der Waals surface area contributed by atoms with Gasteiger partial charge in [0.2, 0.25) is 5.88 Å². The molecule has 0 fully saturated rings. The van der Waals surface area contributed by atoms with Crippen molar-refractivity contribution in [2.75, 3.05) is 0 Å². The van der Waals surface area contributed by atoms with Crippen LogP contribution in [-0.4, -0.2) is 6.21 Å². The van der Waals surface area contributed by atoms with Gasteiger partial charge in [0.1, 0.15) is 0 Å². The predicted molar refractivity (Wildman–Crippen MR) is 47.9 cm³/mol. The fraction of sp³-hybridized carbons (Fsp3) is 0.286. The zero-order valence-electron chi connectivity index (χ0n) is 5.30. The van der Waals surface area contributed by atoms with Crippen molar-refractivity contribution in [1.82, 2.24) is 0 Å². The first-order chi connectivity index (χ1) is 4.86. The van der Waals surface area contributed by atoms with Gasteiger partial charge >= 0.3 is 0 Å². The summed E-state index contributed by atoms with van der Waals surface area (Å²) in [6.07, 6.45) is 4.02. The number of aliphatic imine (C=N–C) groups is 1. The van der Waals surface area contributed by atoms with E-state index in [0.29, 0.717) is 0 Å². The molecule has 2 heterocycles. The maximum absolute atomic E-state index is 5.29. The van der Waals surface area contributed by atoms with E-state index in [1.54, 1.807) is 0 Å². The molecule has 0 aliphatic carbocycles. The summed E-state index contributed by atoms with van der Waals surface area (Å²) in [4.78, 5) is 4.12. The summed E-state index contributed by atoms with van der Waals surface area (Å²) in [5.41, 5.74) is 1.24. The average Bonchev–Trinajstić information content (AvgIpc) is 2.27. The molecular weight excluding hydrogens is 241 g/mol. The zero-order valence-corrected chi connectivity index (χ0v) is 7.46. The molecule has 0 atom stereocenters. The van der Waals surface area contributed by atoms with Crippen LogP contribution in [0.25, 0.3) is 0 Å². The fourth-order valence-corrected chi connectivity index (χ4v) is 1.63. The normalized spacial score (nSPS) is 15.3. The predicted octanol–water partition coefficient (Wildman–Crippen LogP) is 2.53. The molecule has 0 amide bonds. The van der Waals surface area contributed by atoms with Crippen LogP contribution in [0.4, 0.5) is 5.88 Å². The Hall–Kier alpha value is -0.320. The SMILES string of the molecule is Ic1cc2c(o1)N=CCC2. The molecule has 0 unspecified atom stereocenters. The van der Waals surface area contributed by atoms with E-state index in [-0.39, 0.29) is 0 Å². The number of rotatable bonds is 0. The average molecular weight is 247 g/mol. The van der Waals surface area contributed by atoms with Crippen LogP contribution < -0.4 is 0 Å². The fourth-order valence-electron chi connectivity index (χ4n) is 1.04. The first-order valence-electron chi connectivity index (χ1n) is 3.17. The number of fused-ring (bicyclic) bond motifs is 1. The van der Waals surface area contributed by atoms with Crippen molar-refractivity contribution >= 4 is 34.7 Å². The smallest absolute Gasteiger partial charge is 0.222 e. The first kappa shape index (κ1) is 6.39.